The molecule has 184 valence electrons. The van der Waals surface area contributed by atoms with Crippen molar-refractivity contribution in [3.05, 3.63) is 82.0 Å². The number of carbonyl (C=O) groups is 4. The van der Waals surface area contributed by atoms with E-state index in [1.807, 2.05) is 6.92 Å². The quantitative estimate of drug-likeness (QED) is 0.321. The molecular formula is C29H34N2O4. The van der Waals surface area contributed by atoms with Gasteiger partial charge in [0.05, 0.1) is 5.69 Å². The summed E-state index contributed by atoms with van der Waals surface area (Å²) < 4.78 is 0. The fourth-order valence-electron chi connectivity index (χ4n) is 4.52. The molecule has 2 amide bonds. The van der Waals surface area contributed by atoms with Gasteiger partial charge in [-0.3, -0.25) is 19.2 Å². The number of allylic oxidation sites excluding steroid dienone is 2. The molecule has 6 heteroatoms. The van der Waals surface area contributed by atoms with E-state index in [0.717, 1.165) is 48.2 Å². The second kappa shape index (κ2) is 12.6. The first-order valence-corrected chi connectivity index (χ1v) is 11.7. The summed E-state index contributed by atoms with van der Waals surface area (Å²) >= 11 is 0. The largest absolute Gasteiger partial charge is 0.377 e. The van der Waals surface area contributed by atoms with Gasteiger partial charge in [-0.2, -0.15) is 0 Å². The number of benzene rings is 2. The summed E-state index contributed by atoms with van der Waals surface area (Å²) in [5.74, 6) is -0.522. The molecule has 0 spiro atoms. The predicted octanol–water partition coefficient (Wildman–Crippen LogP) is 4.45. The molecule has 0 atom stereocenters. The molecule has 35 heavy (non-hydrogen) atoms. The van der Waals surface area contributed by atoms with E-state index in [2.05, 4.69) is 64.0 Å². The van der Waals surface area contributed by atoms with Crippen LogP contribution in [0.4, 0.5) is 11.4 Å². The molecule has 1 aliphatic rings. The Hall–Kier alpha value is -3.80. The molecule has 6 nitrogen and oxygen atoms in total. The van der Waals surface area contributed by atoms with Crippen LogP contribution >= 0.6 is 0 Å². The zero-order chi connectivity index (χ0) is 26.1. The zero-order valence-electron chi connectivity index (χ0n) is 21.4. The van der Waals surface area contributed by atoms with Crippen molar-refractivity contribution in [2.45, 2.75) is 47.0 Å². The van der Waals surface area contributed by atoms with Crippen LogP contribution in [-0.2, 0) is 38.4 Å². The lowest BCUT2D eigenvalue weighted by Gasteiger charge is -2.23. The lowest BCUT2D eigenvalue weighted by atomic mass is 9.93. The van der Waals surface area contributed by atoms with Crippen LogP contribution in [0.3, 0.4) is 0 Å². The molecule has 0 bridgehead atoms. The zero-order valence-corrected chi connectivity index (χ0v) is 21.4. The van der Waals surface area contributed by atoms with Crippen molar-refractivity contribution in [2.75, 3.05) is 23.9 Å². The molecule has 0 radical (unpaired) electrons. The van der Waals surface area contributed by atoms with Gasteiger partial charge >= 0.3 is 0 Å². The van der Waals surface area contributed by atoms with Crippen LogP contribution < -0.4 is 9.80 Å². The number of aldehydes is 2. The number of hydrogen-bond acceptors (Lipinski definition) is 5. The Morgan fingerprint density at radius 3 is 1.71 bits per heavy atom. The van der Waals surface area contributed by atoms with Crippen molar-refractivity contribution < 1.29 is 19.2 Å². The maximum absolute atomic E-state index is 12.2. The number of imide groups is 1. The minimum Gasteiger partial charge on any atom is -0.377 e. The van der Waals surface area contributed by atoms with Crippen LogP contribution in [0, 0.1) is 13.8 Å². The number of anilines is 2. The Kier molecular flexibility index (Phi) is 9.88. The van der Waals surface area contributed by atoms with Gasteiger partial charge in [0.1, 0.15) is 12.6 Å². The number of carbonyl (C=O) groups excluding carboxylic acids is 4. The molecule has 0 aliphatic carbocycles. The first-order valence-electron chi connectivity index (χ1n) is 11.7. The van der Waals surface area contributed by atoms with Gasteiger partial charge in [-0.1, -0.05) is 38.1 Å². The van der Waals surface area contributed by atoms with Gasteiger partial charge in [0.25, 0.3) is 11.8 Å². The standard InChI is InChI=1S/C25H30N2O2.C4H4O2/c1-7-20-14-18(11-16(3)24(20)26(5)6)13-19-12-17(4)25(21(8-2)15-19)27-22(28)9-10-23(27)29;5-3-1-2-4-6/h9-12,14-15H,7-8,13H2,1-6H3;1-4H/b;2-1-. The van der Waals surface area contributed by atoms with Gasteiger partial charge in [0.2, 0.25) is 0 Å². The molecule has 2 aromatic carbocycles. The topological polar surface area (TPSA) is 74.8 Å². The van der Waals surface area contributed by atoms with Crippen molar-refractivity contribution in [2.24, 2.45) is 0 Å². The average Bonchev–Trinajstić information content (AvgIpc) is 3.14. The van der Waals surface area contributed by atoms with E-state index in [-0.39, 0.29) is 11.8 Å². The molecule has 3 rings (SSSR count). The summed E-state index contributed by atoms with van der Waals surface area (Å²) in [6.07, 6.45) is 8.64. The Bertz CT molecular complexity index is 1150. The normalized spacial score (nSPS) is 12.7. The van der Waals surface area contributed by atoms with E-state index in [1.165, 1.54) is 45.0 Å². The summed E-state index contributed by atoms with van der Waals surface area (Å²) in [5.41, 5.74) is 9.16. The molecule has 0 saturated heterocycles. The summed E-state index contributed by atoms with van der Waals surface area (Å²) in [6.45, 7) is 8.40. The highest BCUT2D eigenvalue weighted by Crippen LogP contribution is 2.32. The van der Waals surface area contributed by atoms with Gasteiger partial charge < -0.3 is 4.90 Å². The number of rotatable bonds is 8. The Morgan fingerprint density at radius 2 is 1.26 bits per heavy atom. The van der Waals surface area contributed by atoms with Crippen LogP contribution in [0.1, 0.15) is 47.2 Å². The highest BCUT2D eigenvalue weighted by molar-refractivity contribution is 6.28. The van der Waals surface area contributed by atoms with Crippen molar-refractivity contribution in [1.29, 1.82) is 0 Å². The van der Waals surface area contributed by atoms with E-state index in [0.29, 0.717) is 12.6 Å². The molecule has 0 unspecified atom stereocenters. The van der Waals surface area contributed by atoms with Crippen molar-refractivity contribution in [3.8, 4) is 0 Å². The van der Waals surface area contributed by atoms with Crippen LogP contribution in [0.5, 0.6) is 0 Å². The highest BCUT2D eigenvalue weighted by Gasteiger charge is 2.28. The minimum absolute atomic E-state index is 0.261. The van der Waals surface area contributed by atoms with Crippen molar-refractivity contribution in [3.63, 3.8) is 0 Å². The van der Waals surface area contributed by atoms with E-state index in [4.69, 9.17) is 0 Å². The monoisotopic (exact) mass is 474 g/mol. The smallest absolute Gasteiger partial charge is 0.258 e. The average molecular weight is 475 g/mol. The summed E-state index contributed by atoms with van der Waals surface area (Å²) in [7, 11) is 4.18. The Balaban J connectivity index is 0.000000641. The van der Waals surface area contributed by atoms with Crippen LogP contribution in [-0.4, -0.2) is 38.5 Å². The van der Waals surface area contributed by atoms with E-state index in [1.54, 1.807) is 0 Å². The first-order chi connectivity index (χ1) is 16.7. The van der Waals surface area contributed by atoms with E-state index in [9.17, 15) is 19.2 Å². The van der Waals surface area contributed by atoms with Crippen LogP contribution in [0.25, 0.3) is 0 Å². The SMILES string of the molecule is CCc1cc(Cc2cc(C)c(N3C(=O)C=CC3=O)c(CC)c2)cc(C)c1N(C)C.O=C/C=C\C=O. The Morgan fingerprint density at radius 1 is 0.771 bits per heavy atom. The molecule has 0 saturated carbocycles. The number of nitrogens with zero attached hydrogens (tertiary/aromatic N) is 2. The second-order valence-electron chi connectivity index (χ2n) is 8.62. The first kappa shape index (κ1) is 27.4. The van der Waals surface area contributed by atoms with Crippen molar-refractivity contribution >= 4 is 35.8 Å². The lowest BCUT2D eigenvalue weighted by molar-refractivity contribution is -0.120. The van der Waals surface area contributed by atoms with Gasteiger partial charge in [0, 0.05) is 31.9 Å². The third-order valence-corrected chi connectivity index (χ3v) is 5.80. The van der Waals surface area contributed by atoms with Crippen molar-refractivity contribution in [1.82, 2.24) is 0 Å². The number of hydrogen-bond donors (Lipinski definition) is 0. The minimum atomic E-state index is -0.261. The Labute approximate surface area is 207 Å². The fraction of sp³-hybridized carbons (Fsp3) is 0.310. The fourth-order valence-corrected chi connectivity index (χ4v) is 4.52. The second-order valence-corrected chi connectivity index (χ2v) is 8.62. The van der Waals surface area contributed by atoms with Gasteiger partial charge in [-0.05, 0) is 78.6 Å². The van der Waals surface area contributed by atoms with Crippen LogP contribution in [0.2, 0.25) is 0 Å². The molecule has 0 N–H and O–H groups in total. The van der Waals surface area contributed by atoms with E-state index < -0.39 is 0 Å². The maximum atomic E-state index is 12.2. The number of amides is 2. The molecule has 0 fully saturated rings. The lowest BCUT2D eigenvalue weighted by Crippen LogP contribution is -2.31. The van der Waals surface area contributed by atoms with Gasteiger partial charge in [0.15, 0.2) is 0 Å². The summed E-state index contributed by atoms with van der Waals surface area (Å²) in [5, 5.41) is 0. The van der Waals surface area contributed by atoms with Gasteiger partial charge in [-0.25, -0.2) is 4.90 Å². The third-order valence-electron chi connectivity index (χ3n) is 5.80. The number of aryl methyl sites for hydroxylation is 4. The van der Waals surface area contributed by atoms with Gasteiger partial charge in [-0.15, -0.1) is 0 Å². The molecule has 1 aliphatic heterocycles. The van der Waals surface area contributed by atoms with E-state index >= 15 is 0 Å². The summed E-state index contributed by atoms with van der Waals surface area (Å²) in [6, 6.07) is 8.81. The molecule has 0 aromatic heterocycles. The molecule has 1 heterocycles. The predicted molar refractivity (Wildman–Crippen MR) is 141 cm³/mol. The molecular weight excluding hydrogens is 440 g/mol. The highest BCUT2D eigenvalue weighted by atomic mass is 16.2. The molecule has 2 aromatic rings. The van der Waals surface area contributed by atoms with Crippen LogP contribution in [0.15, 0.2) is 48.6 Å². The summed E-state index contributed by atoms with van der Waals surface area (Å²) in [4.78, 5) is 46.5. The third kappa shape index (κ3) is 6.63. The maximum Gasteiger partial charge on any atom is 0.258 e.